The predicted molar refractivity (Wildman–Crippen MR) is 70.3 cm³/mol. The molecule has 0 saturated carbocycles. The quantitative estimate of drug-likeness (QED) is 0.891. The molecule has 0 aliphatic rings. The normalized spacial score (nSPS) is 11.6. The number of benzene rings is 2. The van der Waals surface area contributed by atoms with Crippen molar-refractivity contribution in [3.63, 3.8) is 0 Å². The Bertz CT molecular complexity index is 568. The van der Waals surface area contributed by atoms with Crippen molar-refractivity contribution in [1.29, 1.82) is 5.26 Å². The third kappa shape index (κ3) is 2.68. The Balaban J connectivity index is 2.26. The molecule has 90 valence electrons. The number of para-hydroxylation sites is 1. The minimum Gasteiger partial charge on any atom is -0.457 e. The molecule has 0 aliphatic carbocycles. The molecule has 0 heterocycles. The number of rotatable bonds is 3. The summed E-state index contributed by atoms with van der Waals surface area (Å²) in [7, 11) is 0. The van der Waals surface area contributed by atoms with Crippen LogP contribution in [0.2, 0.25) is 0 Å². The Morgan fingerprint density at radius 3 is 2.39 bits per heavy atom. The second-order valence-electron chi connectivity index (χ2n) is 4.06. The average Bonchev–Trinajstić information content (AvgIpc) is 2.40. The summed E-state index contributed by atoms with van der Waals surface area (Å²) in [6.07, 6.45) is 0. The van der Waals surface area contributed by atoms with E-state index in [1.54, 1.807) is 24.3 Å². The molecule has 3 nitrogen and oxygen atoms in total. The van der Waals surface area contributed by atoms with E-state index in [-0.39, 0.29) is 6.04 Å². The number of nitrogens with zero attached hydrogens (tertiary/aromatic N) is 1. The molecule has 0 radical (unpaired) electrons. The minimum atomic E-state index is -0.0837. The van der Waals surface area contributed by atoms with E-state index in [9.17, 15) is 0 Å². The van der Waals surface area contributed by atoms with Gasteiger partial charge in [0.1, 0.15) is 11.5 Å². The third-order valence-electron chi connectivity index (χ3n) is 2.62. The van der Waals surface area contributed by atoms with Crippen molar-refractivity contribution < 1.29 is 4.74 Å². The molecular weight excluding hydrogens is 224 g/mol. The van der Waals surface area contributed by atoms with Gasteiger partial charge in [-0.3, -0.25) is 0 Å². The highest BCUT2D eigenvalue weighted by molar-refractivity contribution is 5.41. The van der Waals surface area contributed by atoms with Crippen molar-refractivity contribution in [2.45, 2.75) is 13.0 Å². The lowest BCUT2D eigenvalue weighted by Gasteiger charge is -2.13. The van der Waals surface area contributed by atoms with E-state index in [0.717, 1.165) is 11.3 Å². The molecule has 0 bridgehead atoms. The zero-order valence-electron chi connectivity index (χ0n) is 10.1. The van der Waals surface area contributed by atoms with Crippen LogP contribution < -0.4 is 10.5 Å². The summed E-state index contributed by atoms with van der Waals surface area (Å²) in [4.78, 5) is 0. The largest absolute Gasteiger partial charge is 0.457 e. The molecule has 0 fully saturated rings. The third-order valence-corrected chi connectivity index (χ3v) is 2.62. The summed E-state index contributed by atoms with van der Waals surface area (Å²) in [5, 5.41) is 8.73. The minimum absolute atomic E-state index is 0.0837. The maximum absolute atomic E-state index is 8.73. The van der Waals surface area contributed by atoms with Crippen molar-refractivity contribution in [2.75, 3.05) is 0 Å². The molecular formula is C15H14N2O. The molecule has 0 aliphatic heterocycles. The Morgan fingerprint density at radius 1 is 1.11 bits per heavy atom. The van der Waals surface area contributed by atoms with Crippen LogP contribution in [-0.2, 0) is 0 Å². The van der Waals surface area contributed by atoms with Crippen LogP contribution in [0.3, 0.4) is 0 Å². The van der Waals surface area contributed by atoms with Gasteiger partial charge in [0.05, 0.1) is 11.6 Å². The van der Waals surface area contributed by atoms with Crippen LogP contribution in [0, 0.1) is 11.3 Å². The Hall–Kier alpha value is -2.31. The van der Waals surface area contributed by atoms with E-state index in [1.165, 1.54) is 0 Å². The number of hydrogen-bond donors (Lipinski definition) is 1. The molecule has 0 saturated heterocycles. The van der Waals surface area contributed by atoms with Gasteiger partial charge in [-0.15, -0.1) is 0 Å². The second-order valence-corrected chi connectivity index (χ2v) is 4.06. The predicted octanol–water partition coefficient (Wildman–Crippen LogP) is 3.37. The lowest BCUT2D eigenvalue weighted by atomic mass is 10.1. The summed E-state index contributed by atoms with van der Waals surface area (Å²) in [6.45, 7) is 1.92. The van der Waals surface area contributed by atoms with E-state index in [1.807, 2.05) is 31.2 Å². The molecule has 0 spiro atoms. The van der Waals surface area contributed by atoms with Crippen molar-refractivity contribution in [3.8, 4) is 17.6 Å². The van der Waals surface area contributed by atoms with Gasteiger partial charge in [0, 0.05) is 11.6 Å². The van der Waals surface area contributed by atoms with Gasteiger partial charge in [-0.1, -0.05) is 18.2 Å². The molecule has 2 aromatic carbocycles. The number of ether oxygens (including phenoxy) is 1. The molecule has 0 aromatic heterocycles. The fourth-order valence-corrected chi connectivity index (χ4v) is 1.67. The number of nitriles is 1. The van der Waals surface area contributed by atoms with Gasteiger partial charge in [0.15, 0.2) is 0 Å². The smallest absolute Gasteiger partial charge is 0.132 e. The van der Waals surface area contributed by atoms with Crippen LogP contribution >= 0.6 is 0 Å². The maximum Gasteiger partial charge on any atom is 0.132 e. The zero-order valence-corrected chi connectivity index (χ0v) is 10.1. The fourth-order valence-electron chi connectivity index (χ4n) is 1.67. The van der Waals surface area contributed by atoms with Crippen LogP contribution in [0.4, 0.5) is 0 Å². The van der Waals surface area contributed by atoms with Crippen molar-refractivity contribution >= 4 is 0 Å². The average molecular weight is 238 g/mol. The second kappa shape index (κ2) is 5.35. The Kier molecular flexibility index (Phi) is 3.61. The van der Waals surface area contributed by atoms with Crippen molar-refractivity contribution in [3.05, 3.63) is 59.7 Å². The van der Waals surface area contributed by atoms with Gasteiger partial charge in [0.2, 0.25) is 0 Å². The molecule has 1 atom stereocenters. The van der Waals surface area contributed by atoms with E-state index < -0.39 is 0 Å². The van der Waals surface area contributed by atoms with Gasteiger partial charge in [-0.25, -0.2) is 0 Å². The molecule has 3 heteroatoms. The molecule has 18 heavy (non-hydrogen) atoms. The summed E-state index contributed by atoms with van der Waals surface area (Å²) in [5.41, 5.74) is 7.46. The zero-order chi connectivity index (χ0) is 13.0. The fraction of sp³-hybridized carbons (Fsp3) is 0.133. The lowest BCUT2D eigenvalue weighted by molar-refractivity contribution is 0.472. The Morgan fingerprint density at radius 2 is 1.78 bits per heavy atom. The van der Waals surface area contributed by atoms with Crippen LogP contribution in [0.1, 0.15) is 24.1 Å². The summed E-state index contributed by atoms with van der Waals surface area (Å²) < 4.78 is 5.78. The maximum atomic E-state index is 8.73. The molecule has 0 unspecified atom stereocenters. The van der Waals surface area contributed by atoms with Crippen molar-refractivity contribution in [1.82, 2.24) is 0 Å². The Labute approximate surface area is 106 Å². The van der Waals surface area contributed by atoms with Gasteiger partial charge >= 0.3 is 0 Å². The van der Waals surface area contributed by atoms with Crippen LogP contribution in [0.25, 0.3) is 0 Å². The summed E-state index contributed by atoms with van der Waals surface area (Å²) >= 11 is 0. The van der Waals surface area contributed by atoms with Gasteiger partial charge in [0.25, 0.3) is 0 Å². The van der Waals surface area contributed by atoms with Crippen LogP contribution in [0.15, 0.2) is 48.5 Å². The molecule has 2 rings (SSSR count). The molecule has 2 aromatic rings. The van der Waals surface area contributed by atoms with Crippen LogP contribution in [0.5, 0.6) is 11.5 Å². The van der Waals surface area contributed by atoms with Crippen LogP contribution in [-0.4, -0.2) is 0 Å². The van der Waals surface area contributed by atoms with E-state index in [0.29, 0.717) is 11.3 Å². The summed E-state index contributed by atoms with van der Waals surface area (Å²) in [6, 6.07) is 16.7. The first-order valence-electron chi connectivity index (χ1n) is 5.73. The standard InChI is InChI=1S/C15H14N2O/c1-11(17)14-4-2-3-5-15(14)18-13-8-6-12(10-16)7-9-13/h2-9,11H,17H2,1H3/t11-/m0/s1. The van der Waals surface area contributed by atoms with Gasteiger partial charge in [-0.2, -0.15) is 5.26 Å². The first-order valence-corrected chi connectivity index (χ1v) is 5.73. The topological polar surface area (TPSA) is 59.0 Å². The monoisotopic (exact) mass is 238 g/mol. The first-order chi connectivity index (χ1) is 8.70. The van der Waals surface area contributed by atoms with Gasteiger partial charge < -0.3 is 10.5 Å². The number of nitrogens with two attached hydrogens (primary N) is 1. The van der Waals surface area contributed by atoms with Crippen molar-refractivity contribution in [2.24, 2.45) is 5.73 Å². The van der Waals surface area contributed by atoms with E-state index >= 15 is 0 Å². The SMILES string of the molecule is C[C@H](N)c1ccccc1Oc1ccc(C#N)cc1. The lowest BCUT2D eigenvalue weighted by Crippen LogP contribution is -2.06. The highest BCUT2D eigenvalue weighted by Crippen LogP contribution is 2.28. The first kappa shape index (κ1) is 12.2. The number of hydrogen-bond acceptors (Lipinski definition) is 3. The van der Waals surface area contributed by atoms with E-state index in [2.05, 4.69) is 6.07 Å². The van der Waals surface area contributed by atoms with E-state index in [4.69, 9.17) is 15.7 Å². The van der Waals surface area contributed by atoms with Gasteiger partial charge in [-0.05, 0) is 37.3 Å². The summed E-state index contributed by atoms with van der Waals surface area (Å²) in [5.74, 6) is 1.44. The highest BCUT2D eigenvalue weighted by Gasteiger charge is 2.07. The highest BCUT2D eigenvalue weighted by atomic mass is 16.5. The molecule has 0 amide bonds. The molecule has 2 N–H and O–H groups in total.